The summed E-state index contributed by atoms with van der Waals surface area (Å²) in [6.45, 7) is 4.63. The van der Waals surface area contributed by atoms with E-state index in [1.54, 1.807) is 11.1 Å². The summed E-state index contributed by atoms with van der Waals surface area (Å²) in [5.74, 6) is 0. The molecular weight excluding hydrogens is 204 g/mol. The molecule has 0 fully saturated rings. The van der Waals surface area contributed by atoms with Crippen LogP contribution in [-0.4, -0.2) is 0 Å². The van der Waals surface area contributed by atoms with Crippen LogP contribution in [0.25, 0.3) is 0 Å². The first kappa shape index (κ1) is 12.7. The summed E-state index contributed by atoms with van der Waals surface area (Å²) in [5.41, 5.74) is 3.84. The summed E-state index contributed by atoms with van der Waals surface area (Å²) in [4.78, 5) is 0. The van der Waals surface area contributed by atoms with E-state index in [-0.39, 0.29) is 0 Å². The monoisotopic (exact) mass is 230 g/mol. The predicted octanol–water partition coefficient (Wildman–Crippen LogP) is 5.25. The van der Waals surface area contributed by atoms with E-state index in [0.29, 0.717) is 5.41 Å². The third kappa shape index (κ3) is 2.56. The molecule has 1 aliphatic rings. The molecule has 0 heteroatoms. The first-order valence-corrected chi connectivity index (χ1v) is 7.41. The molecule has 0 atom stereocenters. The lowest BCUT2D eigenvalue weighted by atomic mass is 9.74. The van der Waals surface area contributed by atoms with E-state index in [1.165, 1.54) is 51.4 Å². The van der Waals surface area contributed by atoms with Crippen LogP contribution in [0, 0.1) is 0 Å². The molecule has 0 nitrogen and oxygen atoms in total. The molecule has 1 aliphatic carbocycles. The van der Waals surface area contributed by atoms with Gasteiger partial charge < -0.3 is 0 Å². The highest BCUT2D eigenvalue weighted by Gasteiger charge is 2.36. The van der Waals surface area contributed by atoms with Gasteiger partial charge in [0, 0.05) is 0 Å². The molecule has 0 unspecified atom stereocenters. The van der Waals surface area contributed by atoms with Crippen LogP contribution in [-0.2, 0) is 11.8 Å². The van der Waals surface area contributed by atoms with E-state index in [4.69, 9.17) is 0 Å². The fraction of sp³-hybridized carbons (Fsp3) is 0.647. The molecule has 17 heavy (non-hydrogen) atoms. The Bertz CT molecular complexity index is 343. The Morgan fingerprint density at radius 3 is 2.29 bits per heavy atom. The standard InChI is InChI=1S/C17H26/c1-3-5-12-17(13-6-4-2)14-11-15-9-7-8-10-16(15)17/h7-10H,3-6,11-14H2,1-2H3. The average molecular weight is 230 g/mol. The minimum absolute atomic E-state index is 0.530. The molecule has 0 radical (unpaired) electrons. The average Bonchev–Trinajstić information content (AvgIpc) is 2.74. The molecule has 0 saturated heterocycles. The zero-order valence-corrected chi connectivity index (χ0v) is 11.5. The van der Waals surface area contributed by atoms with Crippen molar-refractivity contribution in [2.24, 2.45) is 0 Å². The lowest BCUT2D eigenvalue weighted by molar-refractivity contribution is 0.340. The van der Waals surface area contributed by atoms with Gasteiger partial charge in [0.25, 0.3) is 0 Å². The smallest absolute Gasteiger partial charge is 0.00411 e. The molecule has 0 heterocycles. The van der Waals surface area contributed by atoms with E-state index in [0.717, 1.165) is 0 Å². The van der Waals surface area contributed by atoms with Gasteiger partial charge in [-0.1, -0.05) is 63.8 Å². The summed E-state index contributed by atoms with van der Waals surface area (Å²) in [5, 5.41) is 0. The highest BCUT2D eigenvalue weighted by Crippen LogP contribution is 2.46. The predicted molar refractivity (Wildman–Crippen MR) is 75.5 cm³/mol. The van der Waals surface area contributed by atoms with Crippen LogP contribution in [0.2, 0.25) is 0 Å². The van der Waals surface area contributed by atoms with Crippen molar-refractivity contribution in [2.75, 3.05) is 0 Å². The van der Waals surface area contributed by atoms with Crippen LogP contribution in [0.5, 0.6) is 0 Å². The van der Waals surface area contributed by atoms with Gasteiger partial charge in [0.1, 0.15) is 0 Å². The fourth-order valence-electron chi connectivity index (χ4n) is 3.44. The lowest BCUT2D eigenvalue weighted by Gasteiger charge is -2.31. The zero-order chi connectivity index (χ0) is 12.1. The van der Waals surface area contributed by atoms with Crippen LogP contribution in [0.1, 0.15) is 69.9 Å². The molecular formula is C17H26. The Morgan fingerprint density at radius 1 is 1.00 bits per heavy atom. The Labute approximate surface area is 106 Å². The first-order valence-electron chi connectivity index (χ1n) is 7.41. The van der Waals surface area contributed by atoms with Crippen LogP contribution in [0.4, 0.5) is 0 Å². The minimum Gasteiger partial charge on any atom is -0.0654 e. The van der Waals surface area contributed by atoms with Crippen molar-refractivity contribution in [3.05, 3.63) is 35.4 Å². The van der Waals surface area contributed by atoms with Crippen molar-refractivity contribution in [3.63, 3.8) is 0 Å². The molecule has 0 aliphatic heterocycles. The molecule has 0 aromatic heterocycles. The van der Waals surface area contributed by atoms with Gasteiger partial charge in [-0.2, -0.15) is 0 Å². The Balaban J connectivity index is 2.22. The second-order valence-electron chi connectivity index (χ2n) is 5.64. The molecule has 1 aromatic carbocycles. The van der Waals surface area contributed by atoms with Gasteiger partial charge in [-0.05, 0) is 42.2 Å². The summed E-state index contributed by atoms with van der Waals surface area (Å²) >= 11 is 0. The van der Waals surface area contributed by atoms with Crippen molar-refractivity contribution in [3.8, 4) is 0 Å². The number of aryl methyl sites for hydroxylation is 1. The molecule has 0 amide bonds. The second-order valence-corrected chi connectivity index (χ2v) is 5.64. The number of benzene rings is 1. The number of unbranched alkanes of at least 4 members (excludes halogenated alkanes) is 2. The Morgan fingerprint density at radius 2 is 1.65 bits per heavy atom. The van der Waals surface area contributed by atoms with Gasteiger partial charge in [-0.15, -0.1) is 0 Å². The van der Waals surface area contributed by atoms with Gasteiger partial charge in [-0.3, -0.25) is 0 Å². The van der Waals surface area contributed by atoms with Gasteiger partial charge in [-0.25, -0.2) is 0 Å². The topological polar surface area (TPSA) is 0 Å². The highest BCUT2D eigenvalue weighted by atomic mass is 14.4. The first-order chi connectivity index (χ1) is 8.32. The van der Waals surface area contributed by atoms with E-state index >= 15 is 0 Å². The Hall–Kier alpha value is -0.780. The largest absolute Gasteiger partial charge is 0.0654 e. The maximum absolute atomic E-state index is 2.40. The van der Waals surface area contributed by atoms with Crippen LogP contribution in [0.3, 0.4) is 0 Å². The maximum atomic E-state index is 2.40. The van der Waals surface area contributed by atoms with Crippen molar-refractivity contribution in [2.45, 2.75) is 70.6 Å². The van der Waals surface area contributed by atoms with Crippen LogP contribution >= 0.6 is 0 Å². The fourth-order valence-corrected chi connectivity index (χ4v) is 3.44. The normalized spacial score (nSPS) is 17.1. The van der Waals surface area contributed by atoms with Crippen molar-refractivity contribution >= 4 is 0 Å². The molecule has 0 N–H and O–H groups in total. The van der Waals surface area contributed by atoms with E-state index in [2.05, 4.69) is 38.1 Å². The SMILES string of the molecule is CCCCC1(CCCC)CCc2ccccc21. The van der Waals surface area contributed by atoms with E-state index in [1.807, 2.05) is 0 Å². The zero-order valence-electron chi connectivity index (χ0n) is 11.5. The quantitative estimate of drug-likeness (QED) is 0.626. The lowest BCUT2D eigenvalue weighted by Crippen LogP contribution is -2.23. The minimum atomic E-state index is 0.530. The van der Waals surface area contributed by atoms with E-state index in [9.17, 15) is 0 Å². The van der Waals surface area contributed by atoms with Gasteiger partial charge in [0.15, 0.2) is 0 Å². The molecule has 2 rings (SSSR count). The third-order valence-electron chi connectivity index (χ3n) is 4.48. The number of hydrogen-bond donors (Lipinski definition) is 0. The molecule has 94 valence electrons. The van der Waals surface area contributed by atoms with Gasteiger partial charge >= 0.3 is 0 Å². The molecule has 0 saturated carbocycles. The summed E-state index contributed by atoms with van der Waals surface area (Å²) in [6, 6.07) is 9.17. The number of fused-ring (bicyclic) bond motifs is 1. The van der Waals surface area contributed by atoms with Crippen molar-refractivity contribution in [1.29, 1.82) is 0 Å². The summed E-state index contributed by atoms with van der Waals surface area (Å²) in [7, 11) is 0. The number of rotatable bonds is 6. The molecule has 0 spiro atoms. The van der Waals surface area contributed by atoms with E-state index < -0.39 is 0 Å². The van der Waals surface area contributed by atoms with Crippen LogP contribution in [0.15, 0.2) is 24.3 Å². The highest BCUT2D eigenvalue weighted by molar-refractivity contribution is 5.39. The van der Waals surface area contributed by atoms with Gasteiger partial charge in [0.2, 0.25) is 0 Å². The van der Waals surface area contributed by atoms with Crippen LogP contribution < -0.4 is 0 Å². The second kappa shape index (κ2) is 5.71. The third-order valence-corrected chi connectivity index (χ3v) is 4.48. The number of hydrogen-bond acceptors (Lipinski definition) is 0. The molecule has 1 aromatic rings. The van der Waals surface area contributed by atoms with Crippen molar-refractivity contribution in [1.82, 2.24) is 0 Å². The van der Waals surface area contributed by atoms with Crippen molar-refractivity contribution < 1.29 is 0 Å². The Kier molecular flexibility index (Phi) is 4.25. The molecule has 0 bridgehead atoms. The maximum Gasteiger partial charge on any atom is -0.00411 e. The summed E-state index contributed by atoms with van der Waals surface area (Å²) < 4.78 is 0. The van der Waals surface area contributed by atoms with Gasteiger partial charge in [0.05, 0.1) is 0 Å². The summed E-state index contributed by atoms with van der Waals surface area (Å²) in [6.07, 6.45) is 10.9.